The zero-order valence-corrected chi connectivity index (χ0v) is 19.4. The molecule has 11 heteroatoms. The Morgan fingerprint density at radius 1 is 0.944 bits per heavy atom. The summed E-state index contributed by atoms with van der Waals surface area (Å²) in [4.78, 5) is 17.1. The van der Waals surface area contributed by atoms with Gasteiger partial charge >= 0.3 is 6.18 Å². The first kappa shape index (κ1) is 25.4. The van der Waals surface area contributed by atoms with E-state index in [0.29, 0.717) is 23.5 Å². The Hall–Kier alpha value is -3.73. The van der Waals surface area contributed by atoms with Gasteiger partial charge in [-0.2, -0.15) is 13.2 Å². The smallest absolute Gasteiger partial charge is 0.373 e. The van der Waals surface area contributed by atoms with Gasteiger partial charge in [-0.1, -0.05) is 26.0 Å². The molecule has 188 valence electrons. The van der Waals surface area contributed by atoms with Gasteiger partial charge in [0.15, 0.2) is 11.5 Å². The Labute approximate surface area is 203 Å². The van der Waals surface area contributed by atoms with Gasteiger partial charge in [0.2, 0.25) is 0 Å². The van der Waals surface area contributed by atoms with Gasteiger partial charge in [-0.3, -0.25) is 4.98 Å². The van der Waals surface area contributed by atoms with Crippen molar-refractivity contribution in [2.75, 3.05) is 11.9 Å². The highest BCUT2D eigenvalue weighted by molar-refractivity contribution is 5.90. The largest absolute Gasteiger partial charge is 0.418 e. The van der Waals surface area contributed by atoms with Crippen molar-refractivity contribution in [2.45, 2.75) is 33.1 Å². The molecule has 4 aromatic rings. The van der Waals surface area contributed by atoms with Crippen LogP contribution in [0.4, 0.5) is 33.5 Å². The number of benzene rings is 1. The summed E-state index contributed by atoms with van der Waals surface area (Å²) < 4.78 is 72.0. The lowest BCUT2D eigenvalue weighted by Crippen LogP contribution is -2.10. The third-order valence-corrected chi connectivity index (χ3v) is 5.07. The average molecular weight is 503 g/mol. The quantitative estimate of drug-likeness (QED) is 0.262. The molecule has 4 rings (SSSR count). The van der Waals surface area contributed by atoms with Crippen molar-refractivity contribution in [3.05, 3.63) is 71.7 Å². The lowest BCUT2D eigenvalue weighted by Gasteiger charge is -2.14. The minimum Gasteiger partial charge on any atom is -0.373 e. The highest BCUT2D eigenvalue weighted by Gasteiger charge is 2.34. The van der Waals surface area contributed by atoms with Crippen LogP contribution in [0.2, 0.25) is 0 Å². The fraction of sp³-hybridized carbons (Fsp3) is 0.280. The molecule has 0 aliphatic rings. The fourth-order valence-corrected chi connectivity index (χ4v) is 3.42. The topological polar surface area (TPSA) is 72.8 Å². The molecule has 3 heterocycles. The third-order valence-electron chi connectivity index (χ3n) is 5.07. The molecule has 36 heavy (non-hydrogen) atoms. The van der Waals surface area contributed by atoms with E-state index >= 15 is 0 Å². The Bertz CT molecular complexity index is 1340. The second-order valence-corrected chi connectivity index (χ2v) is 8.41. The molecule has 0 saturated heterocycles. The van der Waals surface area contributed by atoms with Gasteiger partial charge in [-0.25, -0.2) is 23.7 Å². The number of aromatic nitrogens is 4. The molecule has 0 aliphatic heterocycles. The molecule has 0 saturated carbocycles. The van der Waals surface area contributed by atoms with E-state index in [1.807, 2.05) is 13.8 Å². The number of ether oxygens (including phenoxy) is 1. The molecule has 0 atom stereocenters. The molecule has 1 N–H and O–H groups in total. The molecular weight excluding hydrogens is 481 g/mol. The molecule has 0 fully saturated rings. The van der Waals surface area contributed by atoms with Gasteiger partial charge in [0.05, 0.1) is 16.6 Å². The maximum atomic E-state index is 13.5. The number of anilines is 2. The van der Waals surface area contributed by atoms with Gasteiger partial charge in [-0.05, 0) is 42.3 Å². The molecule has 0 unspecified atom stereocenters. The van der Waals surface area contributed by atoms with Crippen LogP contribution in [0.5, 0.6) is 0 Å². The lowest BCUT2D eigenvalue weighted by atomic mass is 10.1. The molecule has 0 radical (unpaired) electrons. The highest BCUT2D eigenvalue weighted by atomic mass is 19.4. The molecular formula is C25H22F5N5O. The van der Waals surface area contributed by atoms with Crippen molar-refractivity contribution < 1.29 is 26.7 Å². The molecule has 0 spiro atoms. The summed E-state index contributed by atoms with van der Waals surface area (Å²) in [6, 6.07) is 10.6. The number of halogens is 5. The first-order valence-electron chi connectivity index (χ1n) is 11.0. The number of hydrogen-bond donors (Lipinski definition) is 1. The average Bonchev–Trinajstić information content (AvgIpc) is 2.83. The number of nitrogens with zero attached hydrogens (tertiary/aromatic N) is 4. The summed E-state index contributed by atoms with van der Waals surface area (Å²) in [5, 5.41) is 3.49. The minimum absolute atomic E-state index is 0.00425. The van der Waals surface area contributed by atoms with Gasteiger partial charge in [0.25, 0.3) is 6.43 Å². The lowest BCUT2D eigenvalue weighted by molar-refractivity contribution is -0.137. The standard InChI is InChI=1S/C25H22F5N5O/c1-14(2)12-36-13-20-34-23(32-16-7-5-15(6-8-16)22(26)27)17-9-10-19(33-24(17)35-20)21-18(25(28,29)30)4-3-11-31-21/h3-11,14,22H,12-13H2,1-2H3,(H,32,33,34,35). The van der Waals surface area contributed by atoms with Crippen molar-refractivity contribution in [1.29, 1.82) is 0 Å². The molecule has 1 aromatic carbocycles. The predicted octanol–water partition coefficient (Wildman–Crippen LogP) is 6.96. The predicted molar refractivity (Wildman–Crippen MR) is 125 cm³/mol. The van der Waals surface area contributed by atoms with Crippen LogP contribution in [0.25, 0.3) is 22.4 Å². The summed E-state index contributed by atoms with van der Waals surface area (Å²) in [7, 11) is 0. The number of pyridine rings is 2. The van der Waals surface area contributed by atoms with E-state index in [1.54, 1.807) is 6.07 Å². The van der Waals surface area contributed by atoms with Crippen LogP contribution in [0.1, 0.15) is 37.2 Å². The maximum absolute atomic E-state index is 13.5. The normalized spacial score (nSPS) is 12.0. The highest BCUT2D eigenvalue weighted by Crippen LogP contribution is 2.36. The summed E-state index contributed by atoms with van der Waals surface area (Å²) in [6.07, 6.45) is -5.95. The van der Waals surface area contributed by atoms with E-state index in [9.17, 15) is 22.0 Å². The molecule has 0 bridgehead atoms. The van der Waals surface area contributed by atoms with Gasteiger partial charge in [-0.15, -0.1) is 0 Å². The summed E-state index contributed by atoms with van der Waals surface area (Å²) in [5.41, 5.74) is -0.741. The Kier molecular flexibility index (Phi) is 7.39. The Morgan fingerprint density at radius 2 is 1.69 bits per heavy atom. The second-order valence-electron chi connectivity index (χ2n) is 8.41. The van der Waals surface area contributed by atoms with Crippen LogP contribution in [-0.4, -0.2) is 26.5 Å². The van der Waals surface area contributed by atoms with Crippen LogP contribution in [-0.2, 0) is 17.5 Å². The zero-order valence-electron chi connectivity index (χ0n) is 19.4. The van der Waals surface area contributed by atoms with E-state index in [2.05, 4.69) is 25.3 Å². The van der Waals surface area contributed by atoms with Crippen LogP contribution in [0.3, 0.4) is 0 Å². The van der Waals surface area contributed by atoms with Gasteiger partial charge in [0.1, 0.15) is 18.1 Å². The number of rotatable bonds is 8. The van der Waals surface area contributed by atoms with Crippen LogP contribution in [0.15, 0.2) is 54.7 Å². The number of hydrogen-bond acceptors (Lipinski definition) is 6. The van der Waals surface area contributed by atoms with Crippen LogP contribution in [0, 0.1) is 5.92 Å². The van der Waals surface area contributed by atoms with E-state index in [-0.39, 0.29) is 40.9 Å². The number of fused-ring (bicyclic) bond motifs is 1. The first-order valence-corrected chi connectivity index (χ1v) is 11.0. The summed E-state index contributed by atoms with van der Waals surface area (Å²) in [6.45, 7) is 4.47. The summed E-state index contributed by atoms with van der Waals surface area (Å²) in [5.74, 6) is 0.840. The fourth-order valence-electron chi connectivity index (χ4n) is 3.42. The molecule has 0 aliphatic carbocycles. The maximum Gasteiger partial charge on any atom is 0.418 e. The van der Waals surface area contributed by atoms with Crippen molar-refractivity contribution >= 4 is 22.5 Å². The van der Waals surface area contributed by atoms with E-state index < -0.39 is 18.2 Å². The van der Waals surface area contributed by atoms with Crippen molar-refractivity contribution in [3.63, 3.8) is 0 Å². The summed E-state index contributed by atoms with van der Waals surface area (Å²) >= 11 is 0. The van der Waals surface area contributed by atoms with Crippen LogP contribution < -0.4 is 5.32 Å². The van der Waals surface area contributed by atoms with Crippen LogP contribution >= 0.6 is 0 Å². The third kappa shape index (κ3) is 5.91. The van der Waals surface area contributed by atoms with Gasteiger partial charge < -0.3 is 10.1 Å². The van der Waals surface area contributed by atoms with Crippen molar-refractivity contribution in [2.24, 2.45) is 5.92 Å². The first-order chi connectivity index (χ1) is 17.1. The minimum atomic E-state index is -4.61. The van der Waals surface area contributed by atoms with E-state index in [4.69, 9.17) is 4.74 Å². The zero-order chi connectivity index (χ0) is 25.9. The number of alkyl halides is 5. The van der Waals surface area contributed by atoms with E-state index in [0.717, 1.165) is 6.07 Å². The van der Waals surface area contributed by atoms with E-state index in [1.165, 1.54) is 42.6 Å². The molecule has 6 nitrogen and oxygen atoms in total. The Morgan fingerprint density at radius 3 is 2.36 bits per heavy atom. The molecule has 3 aromatic heterocycles. The second kappa shape index (κ2) is 10.5. The monoisotopic (exact) mass is 503 g/mol. The molecule has 0 amide bonds. The van der Waals surface area contributed by atoms with Crippen molar-refractivity contribution in [3.8, 4) is 11.4 Å². The van der Waals surface area contributed by atoms with Crippen molar-refractivity contribution in [1.82, 2.24) is 19.9 Å². The van der Waals surface area contributed by atoms with Gasteiger partial charge in [0, 0.05) is 24.1 Å². The number of nitrogens with one attached hydrogen (secondary N) is 1. The SMILES string of the molecule is CC(C)COCc1nc(Nc2ccc(C(F)F)cc2)c2ccc(-c3ncccc3C(F)(F)F)nc2n1. The Balaban J connectivity index is 1.77.